The topological polar surface area (TPSA) is 105 Å². The molecule has 0 spiro atoms. The minimum Gasteiger partial charge on any atom is -0.480 e. The van der Waals surface area contributed by atoms with Gasteiger partial charge in [0.1, 0.15) is 11.9 Å². The number of hydrogen-bond donors (Lipinski definition) is 2. The smallest absolute Gasteiger partial charge is 0.326 e. The minimum atomic E-state index is -1.10. The Morgan fingerprint density at radius 3 is 2.63 bits per heavy atom. The van der Waals surface area contributed by atoms with Crippen LogP contribution in [-0.4, -0.2) is 33.2 Å². The van der Waals surface area contributed by atoms with Crippen molar-refractivity contribution in [2.24, 2.45) is 0 Å². The normalized spacial score (nSPS) is 12.1. The van der Waals surface area contributed by atoms with Crippen LogP contribution in [0.5, 0.6) is 0 Å². The van der Waals surface area contributed by atoms with E-state index in [9.17, 15) is 19.1 Å². The van der Waals surface area contributed by atoms with Crippen molar-refractivity contribution in [1.82, 2.24) is 15.5 Å². The number of fused-ring (bicyclic) bond motifs is 1. The van der Waals surface area contributed by atoms with E-state index in [1.165, 1.54) is 30.3 Å². The number of carbonyl (C=O) groups is 2. The predicted molar refractivity (Wildman–Crippen MR) is 95.7 cm³/mol. The molecular formula is C19H18FN3O4. The van der Waals surface area contributed by atoms with Crippen LogP contribution in [0.15, 0.2) is 34.9 Å². The third-order valence-electron chi connectivity index (χ3n) is 4.18. The molecule has 0 saturated carbocycles. The fraction of sp³-hybridized carbons (Fsp3) is 0.263. The highest BCUT2D eigenvalue weighted by molar-refractivity contribution is 6.07. The van der Waals surface area contributed by atoms with Crippen LogP contribution in [0.4, 0.5) is 4.39 Å². The van der Waals surface area contributed by atoms with Crippen LogP contribution in [0.3, 0.4) is 0 Å². The lowest BCUT2D eigenvalue weighted by Crippen LogP contribution is -2.40. The monoisotopic (exact) mass is 371 g/mol. The number of benzene rings is 1. The van der Waals surface area contributed by atoms with Gasteiger partial charge in [-0.15, -0.1) is 0 Å². The Balaban J connectivity index is 2.07. The highest BCUT2D eigenvalue weighted by atomic mass is 19.1. The molecule has 2 heterocycles. The summed E-state index contributed by atoms with van der Waals surface area (Å²) in [5, 5.41) is 16.1. The Morgan fingerprint density at radius 1 is 1.30 bits per heavy atom. The number of hydrogen-bond acceptors (Lipinski definition) is 5. The van der Waals surface area contributed by atoms with Crippen LogP contribution in [0.2, 0.25) is 0 Å². The Kier molecular flexibility index (Phi) is 5.16. The third kappa shape index (κ3) is 3.79. The zero-order valence-corrected chi connectivity index (χ0v) is 14.8. The van der Waals surface area contributed by atoms with E-state index in [0.29, 0.717) is 35.2 Å². The molecule has 1 unspecified atom stereocenters. The standard InChI is InChI=1S/C19H18FN3O4/c1-3-4-14(19(25)26)21-17(24)13-9-15(11-5-7-12(20)8-6-11)22-18-16(13)10(2)23-27-18/h5-9,14H,3-4H2,1-2H3,(H,21,24)(H,25,26). The van der Waals surface area contributed by atoms with Crippen LogP contribution in [0.25, 0.3) is 22.4 Å². The largest absolute Gasteiger partial charge is 0.480 e. The average Bonchev–Trinajstić information content (AvgIpc) is 3.02. The van der Waals surface area contributed by atoms with Crippen molar-refractivity contribution >= 4 is 23.0 Å². The average molecular weight is 371 g/mol. The first-order chi connectivity index (χ1) is 12.9. The summed E-state index contributed by atoms with van der Waals surface area (Å²) in [6, 6.07) is 6.17. The minimum absolute atomic E-state index is 0.154. The zero-order chi connectivity index (χ0) is 19.6. The van der Waals surface area contributed by atoms with E-state index in [2.05, 4.69) is 15.5 Å². The van der Waals surface area contributed by atoms with Gasteiger partial charge in [0.25, 0.3) is 11.6 Å². The fourth-order valence-corrected chi connectivity index (χ4v) is 2.82. The van der Waals surface area contributed by atoms with E-state index in [-0.39, 0.29) is 11.3 Å². The summed E-state index contributed by atoms with van der Waals surface area (Å²) in [5.41, 5.74) is 1.81. The first-order valence-corrected chi connectivity index (χ1v) is 8.47. The van der Waals surface area contributed by atoms with Crippen LogP contribution >= 0.6 is 0 Å². The van der Waals surface area contributed by atoms with Gasteiger partial charge in [-0.05, 0) is 43.7 Å². The summed E-state index contributed by atoms with van der Waals surface area (Å²) in [6.45, 7) is 3.51. The predicted octanol–water partition coefficient (Wildman–Crippen LogP) is 3.32. The lowest BCUT2D eigenvalue weighted by Gasteiger charge is -2.14. The maximum Gasteiger partial charge on any atom is 0.326 e. The van der Waals surface area contributed by atoms with Gasteiger partial charge in [0, 0.05) is 5.56 Å². The van der Waals surface area contributed by atoms with Crippen molar-refractivity contribution in [2.45, 2.75) is 32.7 Å². The number of aryl methyl sites for hydroxylation is 1. The highest BCUT2D eigenvalue weighted by Gasteiger charge is 2.24. The molecule has 1 atom stereocenters. The van der Waals surface area contributed by atoms with Crippen LogP contribution in [-0.2, 0) is 4.79 Å². The molecule has 7 nitrogen and oxygen atoms in total. The number of aliphatic carboxylic acids is 1. The number of nitrogens with zero attached hydrogens (tertiary/aromatic N) is 2. The van der Waals surface area contributed by atoms with E-state index in [4.69, 9.17) is 4.52 Å². The van der Waals surface area contributed by atoms with Crippen LogP contribution in [0.1, 0.15) is 35.8 Å². The van der Waals surface area contributed by atoms with Gasteiger partial charge >= 0.3 is 5.97 Å². The quantitative estimate of drug-likeness (QED) is 0.689. The van der Waals surface area contributed by atoms with Crippen molar-refractivity contribution in [3.05, 3.63) is 47.4 Å². The molecule has 0 aliphatic carbocycles. The van der Waals surface area contributed by atoms with Gasteiger partial charge < -0.3 is 14.9 Å². The number of halogens is 1. The molecule has 3 rings (SSSR count). The molecule has 2 N–H and O–H groups in total. The Hall–Kier alpha value is -3.29. The van der Waals surface area contributed by atoms with Crippen molar-refractivity contribution in [3.63, 3.8) is 0 Å². The molecular weight excluding hydrogens is 353 g/mol. The lowest BCUT2D eigenvalue weighted by atomic mass is 10.0. The van der Waals surface area contributed by atoms with Crippen molar-refractivity contribution in [1.29, 1.82) is 0 Å². The van der Waals surface area contributed by atoms with Gasteiger partial charge in [-0.3, -0.25) is 4.79 Å². The molecule has 1 aromatic carbocycles. The van der Waals surface area contributed by atoms with Crippen molar-refractivity contribution in [3.8, 4) is 11.3 Å². The summed E-state index contributed by atoms with van der Waals surface area (Å²) in [4.78, 5) is 28.5. The molecule has 0 aliphatic heterocycles. The van der Waals surface area contributed by atoms with E-state index in [1.807, 2.05) is 6.92 Å². The molecule has 27 heavy (non-hydrogen) atoms. The van der Waals surface area contributed by atoms with Crippen molar-refractivity contribution in [2.75, 3.05) is 0 Å². The van der Waals surface area contributed by atoms with Crippen molar-refractivity contribution < 1.29 is 23.6 Å². The van der Waals surface area contributed by atoms with Gasteiger partial charge in [0.05, 0.1) is 22.3 Å². The van der Waals surface area contributed by atoms with Gasteiger partial charge in [0.2, 0.25) is 0 Å². The van der Waals surface area contributed by atoms with E-state index < -0.39 is 23.7 Å². The number of rotatable bonds is 6. The first-order valence-electron chi connectivity index (χ1n) is 8.47. The Labute approximate surface area is 154 Å². The van der Waals surface area contributed by atoms with E-state index in [0.717, 1.165) is 0 Å². The molecule has 8 heteroatoms. The van der Waals surface area contributed by atoms with Crippen LogP contribution < -0.4 is 5.32 Å². The molecule has 3 aromatic rings. The summed E-state index contributed by atoms with van der Waals surface area (Å²) >= 11 is 0. The number of carboxylic acids is 1. The molecule has 0 radical (unpaired) electrons. The summed E-state index contributed by atoms with van der Waals surface area (Å²) in [6.07, 6.45) is 0.916. The van der Waals surface area contributed by atoms with Gasteiger partial charge in [0.15, 0.2) is 0 Å². The van der Waals surface area contributed by atoms with Crippen LogP contribution in [0, 0.1) is 12.7 Å². The Bertz CT molecular complexity index is 998. The second-order valence-electron chi connectivity index (χ2n) is 6.16. The number of carbonyl (C=O) groups excluding carboxylic acids is 1. The number of aromatic nitrogens is 2. The highest BCUT2D eigenvalue weighted by Crippen LogP contribution is 2.27. The van der Waals surface area contributed by atoms with E-state index >= 15 is 0 Å². The molecule has 0 aliphatic rings. The molecule has 0 fully saturated rings. The third-order valence-corrected chi connectivity index (χ3v) is 4.18. The number of carboxylic acid groups (broad SMARTS) is 1. The van der Waals surface area contributed by atoms with Gasteiger partial charge in [-0.2, -0.15) is 0 Å². The van der Waals surface area contributed by atoms with E-state index in [1.54, 1.807) is 6.92 Å². The number of nitrogens with one attached hydrogen (secondary N) is 1. The lowest BCUT2D eigenvalue weighted by molar-refractivity contribution is -0.139. The maximum absolute atomic E-state index is 13.2. The summed E-state index contributed by atoms with van der Waals surface area (Å²) in [5.74, 6) is -2.05. The SMILES string of the molecule is CCCC(NC(=O)c1cc(-c2ccc(F)cc2)nc2onc(C)c12)C(=O)O. The molecule has 2 aromatic heterocycles. The fourth-order valence-electron chi connectivity index (χ4n) is 2.82. The second kappa shape index (κ2) is 7.53. The summed E-state index contributed by atoms with van der Waals surface area (Å²) < 4.78 is 18.4. The second-order valence-corrected chi connectivity index (χ2v) is 6.16. The first kappa shape index (κ1) is 18.5. The van der Waals surface area contributed by atoms with Gasteiger partial charge in [-0.25, -0.2) is 14.2 Å². The molecule has 1 amide bonds. The molecule has 140 valence electrons. The van der Waals surface area contributed by atoms with Gasteiger partial charge in [-0.1, -0.05) is 18.5 Å². The zero-order valence-electron chi connectivity index (χ0n) is 14.8. The Morgan fingerprint density at radius 2 is 2.00 bits per heavy atom. The number of amides is 1. The number of pyridine rings is 1. The maximum atomic E-state index is 13.2. The molecule has 0 saturated heterocycles. The summed E-state index contributed by atoms with van der Waals surface area (Å²) in [7, 11) is 0. The molecule has 0 bridgehead atoms.